The summed E-state index contributed by atoms with van der Waals surface area (Å²) in [5.41, 5.74) is 9.23. The minimum absolute atomic E-state index is 0.271. The lowest BCUT2D eigenvalue weighted by Gasteiger charge is -2.13. The van der Waals surface area contributed by atoms with Crippen molar-refractivity contribution >= 4 is 29.7 Å². The summed E-state index contributed by atoms with van der Waals surface area (Å²) in [5.74, 6) is -2.24. The van der Waals surface area contributed by atoms with E-state index in [-0.39, 0.29) is 6.61 Å². The zero-order valence-corrected chi connectivity index (χ0v) is 19.9. The highest BCUT2D eigenvalue weighted by atomic mass is 16.5. The maximum absolute atomic E-state index is 12.2. The number of nitrogens with zero attached hydrogens (tertiary/aromatic N) is 2. The van der Waals surface area contributed by atoms with E-state index in [0.29, 0.717) is 11.3 Å². The standard InChI is InChI=1S/C26H28N4O4/c1-6-34-26(33)20-8-10-22(11-9-20)28-24(31)25(32)29-27-15-21-14-18(4)30(19(21)5)23-12-7-16(2)13-17(23)3/h7-15H,6H2,1-5H3,(H,28,31)(H,29,32)/b27-15-. The Kier molecular flexibility index (Phi) is 7.63. The van der Waals surface area contributed by atoms with Gasteiger partial charge in [0.25, 0.3) is 0 Å². The molecule has 34 heavy (non-hydrogen) atoms. The van der Waals surface area contributed by atoms with Crippen LogP contribution in [-0.2, 0) is 14.3 Å². The first-order valence-corrected chi connectivity index (χ1v) is 10.9. The fraction of sp³-hybridized carbons (Fsp3) is 0.231. The maximum atomic E-state index is 12.2. The summed E-state index contributed by atoms with van der Waals surface area (Å²) in [6.07, 6.45) is 1.52. The van der Waals surface area contributed by atoms with Crippen molar-refractivity contribution in [3.63, 3.8) is 0 Å². The molecule has 1 heterocycles. The average Bonchev–Trinajstić information content (AvgIpc) is 3.07. The van der Waals surface area contributed by atoms with Crippen molar-refractivity contribution in [2.45, 2.75) is 34.6 Å². The van der Waals surface area contributed by atoms with Crippen molar-refractivity contribution in [2.24, 2.45) is 5.10 Å². The second kappa shape index (κ2) is 10.6. The lowest BCUT2D eigenvalue weighted by Crippen LogP contribution is -2.32. The number of hydrogen-bond acceptors (Lipinski definition) is 5. The Hall–Kier alpha value is -4.20. The predicted octanol–water partition coefficient (Wildman–Crippen LogP) is 3.98. The van der Waals surface area contributed by atoms with Crippen molar-refractivity contribution in [1.82, 2.24) is 9.99 Å². The van der Waals surface area contributed by atoms with Crippen LogP contribution in [-0.4, -0.2) is 35.2 Å². The van der Waals surface area contributed by atoms with Gasteiger partial charge in [-0.3, -0.25) is 9.59 Å². The summed E-state index contributed by atoms with van der Waals surface area (Å²) >= 11 is 0. The predicted molar refractivity (Wildman–Crippen MR) is 131 cm³/mol. The van der Waals surface area contributed by atoms with Crippen LogP contribution < -0.4 is 10.7 Å². The van der Waals surface area contributed by atoms with E-state index in [2.05, 4.69) is 52.5 Å². The van der Waals surface area contributed by atoms with E-state index in [9.17, 15) is 14.4 Å². The number of aryl methyl sites for hydroxylation is 3. The molecule has 0 aliphatic rings. The Morgan fingerprint density at radius 2 is 1.68 bits per heavy atom. The molecule has 0 fully saturated rings. The van der Waals surface area contributed by atoms with Crippen molar-refractivity contribution in [3.05, 3.63) is 82.2 Å². The highest BCUT2D eigenvalue weighted by Gasteiger charge is 2.15. The Morgan fingerprint density at radius 3 is 2.32 bits per heavy atom. The van der Waals surface area contributed by atoms with Crippen LogP contribution in [0.25, 0.3) is 5.69 Å². The summed E-state index contributed by atoms with van der Waals surface area (Å²) in [6.45, 7) is 10.1. The van der Waals surface area contributed by atoms with E-state index < -0.39 is 17.8 Å². The van der Waals surface area contributed by atoms with E-state index in [4.69, 9.17) is 4.74 Å². The second-order valence-electron chi connectivity index (χ2n) is 7.90. The molecule has 0 radical (unpaired) electrons. The molecule has 1 aromatic heterocycles. The third-order valence-electron chi connectivity index (χ3n) is 5.29. The number of hydrazone groups is 1. The molecule has 0 spiro atoms. The van der Waals surface area contributed by atoms with E-state index in [1.165, 1.54) is 36.0 Å². The van der Waals surface area contributed by atoms with Crippen LogP contribution in [0.2, 0.25) is 0 Å². The lowest BCUT2D eigenvalue weighted by molar-refractivity contribution is -0.136. The van der Waals surface area contributed by atoms with Gasteiger partial charge in [0.1, 0.15) is 0 Å². The van der Waals surface area contributed by atoms with Gasteiger partial charge in [0.05, 0.1) is 18.4 Å². The van der Waals surface area contributed by atoms with E-state index in [1.807, 2.05) is 19.9 Å². The average molecular weight is 461 g/mol. The SMILES string of the molecule is CCOC(=O)c1ccc(NC(=O)C(=O)N/N=C\c2cc(C)n(-c3ccc(C)cc3C)c2C)cc1. The number of carbonyl (C=O) groups excluding carboxylic acids is 3. The van der Waals surface area contributed by atoms with Gasteiger partial charge in [0.2, 0.25) is 0 Å². The van der Waals surface area contributed by atoms with Crippen molar-refractivity contribution < 1.29 is 19.1 Å². The minimum atomic E-state index is -0.908. The van der Waals surface area contributed by atoms with E-state index >= 15 is 0 Å². The van der Waals surface area contributed by atoms with Gasteiger partial charge in [-0.15, -0.1) is 0 Å². The van der Waals surface area contributed by atoms with Crippen LogP contribution in [0.1, 0.15) is 45.4 Å². The molecule has 2 aromatic carbocycles. The van der Waals surface area contributed by atoms with Crippen LogP contribution in [0, 0.1) is 27.7 Å². The fourth-order valence-corrected chi connectivity index (χ4v) is 3.65. The molecule has 8 heteroatoms. The first-order valence-electron chi connectivity index (χ1n) is 10.9. The number of hydrogen-bond donors (Lipinski definition) is 2. The third kappa shape index (κ3) is 5.58. The summed E-state index contributed by atoms with van der Waals surface area (Å²) in [6, 6.07) is 14.3. The number of anilines is 1. The summed E-state index contributed by atoms with van der Waals surface area (Å²) in [4.78, 5) is 36.0. The van der Waals surface area contributed by atoms with Gasteiger partial charge >= 0.3 is 17.8 Å². The van der Waals surface area contributed by atoms with Crippen LogP contribution >= 0.6 is 0 Å². The van der Waals surface area contributed by atoms with E-state index in [0.717, 1.165) is 28.2 Å². The Bertz CT molecular complexity index is 1260. The normalized spacial score (nSPS) is 10.9. The Balaban J connectivity index is 1.63. The van der Waals surface area contributed by atoms with Gasteiger partial charge in [-0.2, -0.15) is 5.10 Å². The minimum Gasteiger partial charge on any atom is -0.462 e. The quantitative estimate of drug-likeness (QED) is 0.251. The largest absolute Gasteiger partial charge is 0.462 e. The number of ether oxygens (including phenoxy) is 1. The van der Waals surface area contributed by atoms with Crippen molar-refractivity contribution in [1.29, 1.82) is 0 Å². The molecule has 3 aromatic rings. The molecule has 0 bridgehead atoms. The molecule has 176 valence electrons. The van der Waals surface area contributed by atoms with Crippen LogP contribution in [0.4, 0.5) is 5.69 Å². The molecule has 2 amide bonds. The molecule has 0 unspecified atom stereocenters. The lowest BCUT2D eigenvalue weighted by atomic mass is 10.1. The topological polar surface area (TPSA) is 102 Å². The smallest absolute Gasteiger partial charge is 0.338 e. The van der Waals surface area contributed by atoms with Gasteiger partial charge in [-0.05, 0) is 76.6 Å². The monoisotopic (exact) mass is 460 g/mol. The molecule has 0 saturated carbocycles. The Morgan fingerprint density at radius 1 is 0.971 bits per heavy atom. The second-order valence-corrected chi connectivity index (χ2v) is 7.90. The first kappa shape index (κ1) is 24.4. The third-order valence-corrected chi connectivity index (χ3v) is 5.29. The zero-order chi connectivity index (χ0) is 24.8. The molecular weight excluding hydrogens is 432 g/mol. The molecule has 0 atom stereocenters. The Labute approximate surface area is 198 Å². The van der Waals surface area contributed by atoms with Crippen LogP contribution in [0.5, 0.6) is 0 Å². The number of rotatable bonds is 6. The summed E-state index contributed by atoms with van der Waals surface area (Å²) in [7, 11) is 0. The maximum Gasteiger partial charge on any atom is 0.338 e. The van der Waals surface area contributed by atoms with Crippen LogP contribution in [0.15, 0.2) is 53.6 Å². The molecule has 3 rings (SSSR count). The summed E-state index contributed by atoms with van der Waals surface area (Å²) < 4.78 is 7.04. The van der Waals surface area contributed by atoms with Gasteiger partial charge in [-0.25, -0.2) is 10.2 Å². The molecule has 2 N–H and O–H groups in total. The van der Waals surface area contributed by atoms with Gasteiger partial charge in [0, 0.05) is 28.3 Å². The van der Waals surface area contributed by atoms with Gasteiger partial charge in [-0.1, -0.05) is 17.7 Å². The van der Waals surface area contributed by atoms with Gasteiger partial charge in [0.15, 0.2) is 0 Å². The first-order chi connectivity index (χ1) is 16.2. The summed E-state index contributed by atoms with van der Waals surface area (Å²) in [5, 5.41) is 6.41. The number of carbonyl (C=O) groups is 3. The number of benzene rings is 2. The zero-order valence-electron chi connectivity index (χ0n) is 19.9. The van der Waals surface area contributed by atoms with Crippen LogP contribution in [0.3, 0.4) is 0 Å². The molecule has 0 aliphatic heterocycles. The molecule has 0 aliphatic carbocycles. The fourth-order valence-electron chi connectivity index (χ4n) is 3.65. The number of esters is 1. The number of amides is 2. The highest BCUT2D eigenvalue weighted by Crippen LogP contribution is 2.23. The number of aromatic nitrogens is 1. The molecule has 0 saturated heterocycles. The van der Waals surface area contributed by atoms with Gasteiger partial charge < -0.3 is 14.6 Å². The van der Waals surface area contributed by atoms with Crippen molar-refractivity contribution in [3.8, 4) is 5.69 Å². The highest BCUT2D eigenvalue weighted by molar-refractivity contribution is 6.39. The van der Waals surface area contributed by atoms with E-state index in [1.54, 1.807) is 6.92 Å². The number of nitrogens with one attached hydrogen (secondary N) is 2. The van der Waals surface area contributed by atoms with Crippen molar-refractivity contribution in [2.75, 3.05) is 11.9 Å². The molecular formula is C26H28N4O4. The molecule has 8 nitrogen and oxygen atoms in total.